The topological polar surface area (TPSA) is 84.0 Å². The smallest absolute Gasteiger partial charge is 0.222 e. The summed E-state index contributed by atoms with van der Waals surface area (Å²) in [6.07, 6.45) is 2.04. The van der Waals surface area contributed by atoms with Crippen molar-refractivity contribution in [1.29, 1.82) is 0 Å². The van der Waals surface area contributed by atoms with E-state index in [1.54, 1.807) is 7.05 Å². The number of carbonyl (C=O) groups excluding carboxylic acids is 1. The van der Waals surface area contributed by atoms with Crippen LogP contribution in [0.2, 0.25) is 0 Å². The normalized spacial score (nSPS) is 18.3. The van der Waals surface area contributed by atoms with E-state index in [0.29, 0.717) is 19.0 Å². The second kappa shape index (κ2) is 12.1. The van der Waals surface area contributed by atoms with Crippen LogP contribution >= 0.6 is 0 Å². The highest BCUT2D eigenvalue weighted by Gasteiger charge is 2.15. The molecule has 1 heterocycles. The lowest BCUT2D eigenvalue weighted by molar-refractivity contribution is -0.123. The number of hydrogen-bond acceptors (Lipinski definition) is 4. The monoisotopic (exact) mass is 328 g/mol. The molecule has 1 saturated heterocycles. The highest BCUT2D eigenvalue weighted by molar-refractivity contribution is 5.80. The number of ether oxygens (including phenoxy) is 2. The average molecular weight is 328 g/mol. The molecule has 0 aromatic carbocycles. The summed E-state index contributed by atoms with van der Waals surface area (Å²) in [6.45, 7) is 9.04. The lowest BCUT2D eigenvalue weighted by Gasteiger charge is -2.13. The van der Waals surface area contributed by atoms with Crippen LogP contribution in [0.5, 0.6) is 0 Å². The molecule has 1 amide bonds. The van der Waals surface area contributed by atoms with Gasteiger partial charge in [-0.15, -0.1) is 0 Å². The molecule has 0 aromatic heterocycles. The van der Waals surface area contributed by atoms with Crippen molar-refractivity contribution < 1.29 is 14.3 Å². The van der Waals surface area contributed by atoms with Gasteiger partial charge in [-0.3, -0.25) is 9.79 Å². The molecule has 0 aromatic rings. The molecule has 1 unspecified atom stereocenters. The molecule has 23 heavy (non-hydrogen) atoms. The van der Waals surface area contributed by atoms with Gasteiger partial charge >= 0.3 is 0 Å². The largest absolute Gasteiger partial charge is 0.381 e. The van der Waals surface area contributed by atoms with E-state index < -0.39 is 0 Å². The van der Waals surface area contributed by atoms with E-state index >= 15 is 0 Å². The van der Waals surface area contributed by atoms with Crippen LogP contribution in [-0.4, -0.2) is 65.0 Å². The molecule has 7 nitrogen and oxygen atoms in total. The number of guanidine groups is 1. The van der Waals surface area contributed by atoms with Gasteiger partial charge in [0.05, 0.1) is 13.2 Å². The zero-order valence-corrected chi connectivity index (χ0v) is 14.7. The first kappa shape index (κ1) is 19.7. The molecule has 1 aliphatic heterocycles. The van der Waals surface area contributed by atoms with E-state index in [0.717, 1.165) is 51.8 Å². The summed E-state index contributed by atoms with van der Waals surface area (Å²) in [5.74, 6) is 1.40. The maximum absolute atomic E-state index is 11.4. The Morgan fingerprint density at radius 1 is 1.26 bits per heavy atom. The SMILES string of the molecule is CN=C(NCCCOCC1CCOC1)NCCNC(=O)C(C)C. The van der Waals surface area contributed by atoms with Gasteiger partial charge in [-0.05, 0) is 12.8 Å². The third-order valence-electron chi connectivity index (χ3n) is 3.60. The van der Waals surface area contributed by atoms with Crippen molar-refractivity contribution >= 4 is 11.9 Å². The summed E-state index contributed by atoms with van der Waals surface area (Å²) in [5, 5.41) is 9.25. The van der Waals surface area contributed by atoms with Crippen molar-refractivity contribution in [3.05, 3.63) is 0 Å². The average Bonchev–Trinajstić information content (AvgIpc) is 3.05. The van der Waals surface area contributed by atoms with Gasteiger partial charge in [-0.2, -0.15) is 0 Å². The molecule has 1 atom stereocenters. The molecular weight excluding hydrogens is 296 g/mol. The minimum Gasteiger partial charge on any atom is -0.381 e. The zero-order chi connectivity index (χ0) is 16.9. The van der Waals surface area contributed by atoms with Crippen LogP contribution in [0.3, 0.4) is 0 Å². The van der Waals surface area contributed by atoms with Crippen LogP contribution in [0.25, 0.3) is 0 Å². The van der Waals surface area contributed by atoms with Gasteiger partial charge in [-0.1, -0.05) is 13.8 Å². The molecule has 1 fully saturated rings. The van der Waals surface area contributed by atoms with E-state index in [2.05, 4.69) is 20.9 Å². The number of aliphatic imine (C=N–C) groups is 1. The van der Waals surface area contributed by atoms with E-state index in [1.165, 1.54) is 0 Å². The second-order valence-electron chi connectivity index (χ2n) is 6.03. The molecule has 3 N–H and O–H groups in total. The van der Waals surface area contributed by atoms with Crippen molar-refractivity contribution in [2.45, 2.75) is 26.7 Å². The number of rotatable bonds is 10. The molecular formula is C16H32N4O3. The van der Waals surface area contributed by atoms with E-state index in [4.69, 9.17) is 9.47 Å². The van der Waals surface area contributed by atoms with Crippen LogP contribution < -0.4 is 16.0 Å². The standard InChI is InChI=1S/C16H32N4O3/c1-13(2)15(21)18-7-8-20-16(17-3)19-6-4-9-22-11-14-5-10-23-12-14/h13-14H,4-12H2,1-3H3,(H,18,21)(H2,17,19,20). The minimum atomic E-state index is 0.0169. The first-order valence-corrected chi connectivity index (χ1v) is 8.51. The first-order valence-electron chi connectivity index (χ1n) is 8.51. The molecule has 134 valence electrons. The van der Waals surface area contributed by atoms with Crippen LogP contribution in [0, 0.1) is 11.8 Å². The zero-order valence-electron chi connectivity index (χ0n) is 14.7. The second-order valence-corrected chi connectivity index (χ2v) is 6.03. The molecule has 1 aliphatic rings. The summed E-state index contributed by atoms with van der Waals surface area (Å²) >= 11 is 0. The maximum Gasteiger partial charge on any atom is 0.222 e. The molecule has 0 saturated carbocycles. The van der Waals surface area contributed by atoms with Crippen molar-refractivity contribution in [1.82, 2.24) is 16.0 Å². The van der Waals surface area contributed by atoms with E-state index in [1.807, 2.05) is 13.8 Å². The lowest BCUT2D eigenvalue weighted by atomic mass is 10.1. The van der Waals surface area contributed by atoms with Gasteiger partial charge in [0.15, 0.2) is 5.96 Å². The fourth-order valence-electron chi connectivity index (χ4n) is 2.14. The predicted octanol–water partition coefficient (Wildman–Crippen LogP) is 0.367. The maximum atomic E-state index is 11.4. The van der Waals surface area contributed by atoms with Crippen molar-refractivity contribution in [2.24, 2.45) is 16.8 Å². The van der Waals surface area contributed by atoms with Gasteiger partial charge in [0, 0.05) is 51.7 Å². The fourth-order valence-corrected chi connectivity index (χ4v) is 2.14. The van der Waals surface area contributed by atoms with E-state index in [-0.39, 0.29) is 11.8 Å². The van der Waals surface area contributed by atoms with Gasteiger partial charge < -0.3 is 25.4 Å². The number of amides is 1. The third-order valence-corrected chi connectivity index (χ3v) is 3.60. The molecule has 7 heteroatoms. The molecule has 0 spiro atoms. The number of nitrogens with one attached hydrogen (secondary N) is 3. The van der Waals surface area contributed by atoms with Gasteiger partial charge in [0.2, 0.25) is 5.91 Å². The Morgan fingerprint density at radius 3 is 2.65 bits per heavy atom. The van der Waals surface area contributed by atoms with E-state index in [9.17, 15) is 4.79 Å². The Morgan fingerprint density at radius 2 is 2.00 bits per heavy atom. The number of carbonyl (C=O) groups is 1. The number of hydrogen-bond donors (Lipinski definition) is 3. The Hall–Kier alpha value is -1.34. The van der Waals surface area contributed by atoms with Crippen LogP contribution in [0.4, 0.5) is 0 Å². The summed E-state index contributed by atoms with van der Waals surface area (Å²) < 4.78 is 11.0. The Balaban J connectivity index is 1.95. The van der Waals surface area contributed by atoms with Gasteiger partial charge in [-0.25, -0.2) is 0 Å². The van der Waals surface area contributed by atoms with Crippen molar-refractivity contribution in [3.8, 4) is 0 Å². The van der Waals surface area contributed by atoms with Crippen molar-refractivity contribution in [2.75, 3.05) is 53.1 Å². The van der Waals surface area contributed by atoms with Crippen LogP contribution in [0.1, 0.15) is 26.7 Å². The highest BCUT2D eigenvalue weighted by Crippen LogP contribution is 2.12. The Bertz CT molecular complexity index is 355. The summed E-state index contributed by atoms with van der Waals surface area (Å²) in [5.41, 5.74) is 0. The lowest BCUT2D eigenvalue weighted by Crippen LogP contribution is -2.42. The quantitative estimate of drug-likeness (QED) is 0.306. The van der Waals surface area contributed by atoms with Crippen LogP contribution in [0.15, 0.2) is 4.99 Å². The predicted molar refractivity (Wildman–Crippen MR) is 91.6 cm³/mol. The molecule has 0 bridgehead atoms. The Kier molecular flexibility index (Phi) is 10.4. The van der Waals surface area contributed by atoms with Crippen molar-refractivity contribution in [3.63, 3.8) is 0 Å². The van der Waals surface area contributed by atoms with Gasteiger partial charge in [0.25, 0.3) is 0 Å². The summed E-state index contributed by atoms with van der Waals surface area (Å²) in [6, 6.07) is 0. The Labute approximate surface area is 139 Å². The number of nitrogens with zero attached hydrogens (tertiary/aromatic N) is 1. The summed E-state index contributed by atoms with van der Waals surface area (Å²) in [4.78, 5) is 15.6. The third kappa shape index (κ3) is 9.40. The fraction of sp³-hybridized carbons (Fsp3) is 0.875. The molecule has 0 aliphatic carbocycles. The summed E-state index contributed by atoms with van der Waals surface area (Å²) in [7, 11) is 1.73. The molecule has 1 rings (SSSR count). The minimum absolute atomic E-state index is 0.0169. The van der Waals surface area contributed by atoms with Gasteiger partial charge in [0.1, 0.15) is 0 Å². The highest BCUT2D eigenvalue weighted by atomic mass is 16.5. The van der Waals surface area contributed by atoms with Crippen LogP contribution in [-0.2, 0) is 14.3 Å². The first-order chi connectivity index (χ1) is 11.1. The molecule has 0 radical (unpaired) electrons.